The Morgan fingerprint density at radius 2 is 1.61 bits per heavy atom. The van der Waals surface area contributed by atoms with Crippen LogP contribution in [-0.2, 0) is 20.8 Å². The van der Waals surface area contributed by atoms with Crippen LogP contribution in [0.4, 0.5) is 11.4 Å². The lowest BCUT2D eigenvalue weighted by atomic mass is 9.90. The minimum absolute atomic E-state index is 0.275. The topological polar surface area (TPSA) is 68.3 Å². The molecule has 2 saturated heterocycles. The highest BCUT2D eigenvalue weighted by Crippen LogP contribution is 2.48. The van der Waals surface area contributed by atoms with E-state index in [2.05, 4.69) is 6.92 Å². The first kappa shape index (κ1) is 23.9. The van der Waals surface area contributed by atoms with E-state index < -0.39 is 18.1 Å². The molecule has 0 radical (unpaired) electrons. The zero-order valence-corrected chi connectivity index (χ0v) is 20.7. The van der Waals surface area contributed by atoms with Gasteiger partial charge in [-0.1, -0.05) is 50.2 Å². The number of carbonyl (C=O) groups is 2. The molecule has 3 aromatic carbocycles. The molecule has 7 heteroatoms. The molecule has 0 aliphatic carbocycles. The normalized spacial score (nSPS) is 21.1. The van der Waals surface area contributed by atoms with Gasteiger partial charge in [0.15, 0.2) is 17.6 Å². The van der Waals surface area contributed by atoms with E-state index in [4.69, 9.17) is 14.3 Å². The van der Waals surface area contributed by atoms with Gasteiger partial charge in [0.25, 0.3) is 5.91 Å². The average Bonchev–Trinajstić information content (AvgIpc) is 3.43. The number of ether oxygens (including phenoxy) is 2. The summed E-state index contributed by atoms with van der Waals surface area (Å²) in [7, 11) is 1.59. The Kier molecular flexibility index (Phi) is 6.65. The second-order valence-corrected chi connectivity index (χ2v) is 8.95. The Morgan fingerprint density at radius 3 is 2.28 bits per heavy atom. The van der Waals surface area contributed by atoms with E-state index >= 15 is 0 Å². The maximum atomic E-state index is 13.8. The first-order valence-electron chi connectivity index (χ1n) is 12.4. The summed E-state index contributed by atoms with van der Waals surface area (Å²) in [4.78, 5) is 34.8. The summed E-state index contributed by atoms with van der Waals surface area (Å²) in [5, 5.41) is 1.68. The molecule has 2 fully saturated rings. The predicted octanol–water partition coefficient (Wildman–Crippen LogP) is 5.10. The van der Waals surface area contributed by atoms with Gasteiger partial charge >= 0.3 is 0 Å². The number of rotatable bonds is 8. The number of aryl methyl sites for hydroxylation is 1. The molecule has 2 heterocycles. The highest BCUT2D eigenvalue weighted by Gasteiger charge is 2.60. The number of hydrogen-bond donors (Lipinski definition) is 0. The van der Waals surface area contributed by atoms with E-state index in [1.807, 2.05) is 79.7 Å². The Hall–Kier alpha value is -3.84. The van der Waals surface area contributed by atoms with Crippen LogP contribution in [0, 0.1) is 5.92 Å². The van der Waals surface area contributed by atoms with Crippen molar-refractivity contribution in [3.63, 3.8) is 0 Å². The van der Waals surface area contributed by atoms with Crippen molar-refractivity contribution in [1.82, 2.24) is 0 Å². The minimum atomic E-state index is -0.921. The van der Waals surface area contributed by atoms with Gasteiger partial charge in [-0.2, -0.15) is 0 Å². The molecule has 2 aliphatic rings. The molecule has 186 valence electrons. The molecule has 0 aromatic heterocycles. The molecule has 3 aromatic rings. The number of para-hydroxylation sites is 1. The van der Waals surface area contributed by atoms with Gasteiger partial charge in [-0.25, -0.2) is 9.96 Å². The number of nitrogens with zero attached hydrogens (tertiary/aromatic N) is 2. The minimum Gasteiger partial charge on any atom is -0.493 e. The molecule has 2 amide bonds. The summed E-state index contributed by atoms with van der Waals surface area (Å²) < 4.78 is 11.4. The summed E-state index contributed by atoms with van der Waals surface area (Å²) in [5.41, 5.74) is 3.27. The average molecular weight is 487 g/mol. The van der Waals surface area contributed by atoms with Gasteiger partial charge in [-0.15, -0.1) is 0 Å². The molecule has 0 saturated carbocycles. The molecule has 0 spiro atoms. The van der Waals surface area contributed by atoms with Crippen LogP contribution >= 0.6 is 0 Å². The van der Waals surface area contributed by atoms with Crippen molar-refractivity contribution < 1.29 is 23.9 Å². The standard InChI is InChI=1S/C29H30N2O5/c1-4-17-35-23-16-13-20(18-24(23)34-3)26-25-27(36-31(26)22-9-7-6-8-10-22)29(33)30(28(25)32)21-14-11-19(5-2)12-15-21/h6-16,18,25-27H,4-5,17H2,1-3H3/t25-,26-,27-/m0/s1. The van der Waals surface area contributed by atoms with E-state index in [1.165, 1.54) is 4.90 Å². The van der Waals surface area contributed by atoms with E-state index in [9.17, 15) is 9.59 Å². The van der Waals surface area contributed by atoms with Crippen LogP contribution in [-0.4, -0.2) is 31.6 Å². The van der Waals surface area contributed by atoms with Gasteiger partial charge in [-0.05, 0) is 60.4 Å². The van der Waals surface area contributed by atoms with Crippen molar-refractivity contribution in [2.24, 2.45) is 5.92 Å². The van der Waals surface area contributed by atoms with E-state index in [0.717, 1.165) is 29.7 Å². The number of anilines is 2. The maximum Gasteiger partial charge on any atom is 0.266 e. The molecule has 7 nitrogen and oxygen atoms in total. The number of methoxy groups -OCH3 is 1. The fourth-order valence-electron chi connectivity index (χ4n) is 4.89. The fourth-order valence-corrected chi connectivity index (χ4v) is 4.89. The lowest BCUT2D eigenvalue weighted by Gasteiger charge is -2.29. The van der Waals surface area contributed by atoms with Gasteiger partial charge in [0.1, 0.15) is 5.92 Å². The Morgan fingerprint density at radius 1 is 0.861 bits per heavy atom. The summed E-state index contributed by atoms with van der Waals surface area (Å²) >= 11 is 0. The summed E-state index contributed by atoms with van der Waals surface area (Å²) in [5.74, 6) is -0.135. The number of imide groups is 1. The third kappa shape index (κ3) is 4.09. The van der Waals surface area contributed by atoms with Crippen LogP contribution in [0.2, 0.25) is 0 Å². The lowest BCUT2D eigenvalue weighted by Crippen LogP contribution is -2.37. The molecule has 0 N–H and O–H groups in total. The van der Waals surface area contributed by atoms with Gasteiger partial charge in [0.2, 0.25) is 5.91 Å². The number of amides is 2. The molecule has 2 aliphatic heterocycles. The zero-order chi connectivity index (χ0) is 25.2. The van der Waals surface area contributed by atoms with Crippen LogP contribution in [0.15, 0.2) is 72.8 Å². The largest absolute Gasteiger partial charge is 0.493 e. The number of fused-ring (bicyclic) bond motifs is 1. The van der Waals surface area contributed by atoms with Crippen LogP contribution < -0.4 is 19.4 Å². The molecule has 3 atom stereocenters. The van der Waals surface area contributed by atoms with E-state index in [-0.39, 0.29) is 11.8 Å². The van der Waals surface area contributed by atoms with E-state index in [1.54, 1.807) is 12.2 Å². The molecular formula is C29H30N2O5. The van der Waals surface area contributed by atoms with E-state index in [0.29, 0.717) is 23.8 Å². The fraction of sp³-hybridized carbons (Fsp3) is 0.310. The number of hydroxylamine groups is 1. The van der Waals surface area contributed by atoms with Crippen LogP contribution in [0.5, 0.6) is 11.5 Å². The second-order valence-electron chi connectivity index (χ2n) is 8.95. The maximum absolute atomic E-state index is 13.8. The molecular weight excluding hydrogens is 456 g/mol. The summed E-state index contributed by atoms with van der Waals surface area (Å²) in [6.07, 6.45) is 0.832. The van der Waals surface area contributed by atoms with Crippen LogP contribution in [0.1, 0.15) is 37.4 Å². The monoisotopic (exact) mass is 486 g/mol. The predicted molar refractivity (Wildman–Crippen MR) is 137 cm³/mol. The Labute approximate surface area is 211 Å². The number of carbonyl (C=O) groups excluding carboxylic acids is 2. The number of benzene rings is 3. The van der Waals surface area contributed by atoms with Crippen molar-refractivity contribution >= 4 is 23.2 Å². The van der Waals surface area contributed by atoms with Crippen LogP contribution in [0.25, 0.3) is 0 Å². The van der Waals surface area contributed by atoms with Crippen LogP contribution in [0.3, 0.4) is 0 Å². The quantitative estimate of drug-likeness (QED) is 0.413. The SMILES string of the molecule is CCCOc1ccc([C@H]2[C@@H]3C(=O)N(c4ccc(CC)cc4)C(=O)[C@H]3ON2c2ccccc2)cc1OC. The molecule has 36 heavy (non-hydrogen) atoms. The van der Waals surface area contributed by atoms with Crippen molar-refractivity contribution in [1.29, 1.82) is 0 Å². The Balaban J connectivity index is 1.55. The highest BCUT2D eigenvalue weighted by atomic mass is 16.7. The summed E-state index contributed by atoms with van der Waals surface area (Å²) in [6.45, 7) is 4.68. The van der Waals surface area contributed by atoms with Crippen molar-refractivity contribution in [3.05, 3.63) is 83.9 Å². The lowest BCUT2D eigenvalue weighted by molar-refractivity contribution is -0.126. The highest BCUT2D eigenvalue weighted by molar-refractivity contribution is 6.23. The first-order valence-corrected chi connectivity index (χ1v) is 12.4. The molecule has 5 rings (SSSR count). The third-order valence-electron chi connectivity index (χ3n) is 6.72. The van der Waals surface area contributed by atoms with Gasteiger partial charge in [0, 0.05) is 0 Å². The Bertz CT molecular complexity index is 1240. The second kappa shape index (κ2) is 10.0. The third-order valence-corrected chi connectivity index (χ3v) is 6.72. The zero-order valence-electron chi connectivity index (χ0n) is 20.7. The molecule has 0 unspecified atom stereocenters. The van der Waals surface area contributed by atoms with Crippen molar-refractivity contribution in [3.8, 4) is 11.5 Å². The van der Waals surface area contributed by atoms with Gasteiger partial charge < -0.3 is 9.47 Å². The smallest absolute Gasteiger partial charge is 0.266 e. The summed E-state index contributed by atoms with van der Waals surface area (Å²) in [6, 6.07) is 22.2. The van der Waals surface area contributed by atoms with Gasteiger partial charge in [0.05, 0.1) is 31.1 Å². The first-order chi connectivity index (χ1) is 17.6. The molecule has 0 bridgehead atoms. The van der Waals surface area contributed by atoms with Crippen molar-refractivity contribution in [2.75, 3.05) is 23.7 Å². The van der Waals surface area contributed by atoms with Crippen molar-refractivity contribution in [2.45, 2.75) is 38.8 Å². The number of hydrogen-bond acceptors (Lipinski definition) is 6. The van der Waals surface area contributed by atoms with Gasteiger partial charge in [-0.3, -0.25) is 14.4 Å².